The number of hydrogen-bond donors (Lipinski definition) is 3. The number of carbonyl (C=O) groups excluding carboxylic acids is 1. The van der Waals surface area contributed by atoms with E-state index in [2.05, 4.69) is 26.0 Å². The summed E-state index contributed by atoms with van der Waals surface area (Å²) in [6.07, 6.45) is 0. The van der Waals surface area contributed by atoms with Crippen LogP contribution in [0, 0.1) is 6.92 Å². The van der Waals surface area contributed by atoms with Crippen molar-refractivity contribution in [3.05, 3.63) is 58.1 Å². The Labute approximate surface area is 149 Å². The molecule has 0 aliphatic rings. The van der Waals surface area contributed by atoms with Crippen LogP contribution >= 0.6 is 15.9 Å². The number of sulfonamides is 1. The number of amides is 1. The van der Waals surface area contributed by atoms with Gasteiger partial charge in [-0.3, -0.25) is 9.52 Å². The first kappa shape index (κ1) is 18.4. The first-order valence-electron chi connectivity index (χ1n) is 7.11. The maximum absolute atomic E-state index is 12.6. The molecule has 0 aromatic heterocycles. The fraction of sp³-hybridized carbons (Fsp3) is 0.188. The zero-order chi connectivity index (χ0) is 17.7. The van der Waals surface area contributed by atoms with Crippen molar-refractivity contribution < 1.29 is 18.3 Å². The molecular formula is C16H17BrN2O4S. The number of aliphatic hydroxyl groups is 1. The quantitative estimate of drug-likeness (QED) is 0.677. The lowest BCUT2D eigenvalue weighted by atomic mass is 10.2. The molecule has 8 heteroatoms. The fourth-order valence-corrected chi connectivity index (χ4v) is 3.59. The third-order valence-corrected chi connectivity index (χ3v) is 5.22. The number of halogens is 1. The van der Waals surface area contributed by atoms with E-state index in [0.29, 0.717) is 10.2 Å². The molecule has 3 N–H and O–H groups in total. The molecule has 0 heterocycles. The van der Waals surface area contributed by atoms with Crippen molar-refractivity contribution in [1.29, 1.82) is 0 Å². The number of carbonyl (C=O) groups is 1. The minimum absolute atomic E-state index is 0.0208. The highest BCUT2D eigenvalue weighted by Gasteiger charge is 2.17. The van der Waals surface area contributed by atoms with E-state index < -0.39 is 15.9 Å². The van der Waals surface area contributed by atoms with Gasteiger partial charge in [0.05, 0.1) is 17.2 Å². The van der Waals surface area contributed by atoms with Crippen LogP contribution in [-0.4, -0.2) is 32.6 Å². The van der Waals surface area contributed by atoms with Crippen molar-refractivity contribution in [1.82, 2.24) is 5.32 Å². The lowest BCUT2D eigenvalue weighted by molar-refractivity contribution is 0.0944. The second-order valence-electron chi connectivity index (χ2n) is 5.10. The van der Waals surface area contributed by atoms with Gasteiger partial charge < -0.3 is 10.4 Å². The third-order valence-electron chi connectivity index (χ3n) is 3.17. The van der Waals surface area contributed by atoms with Gasteiger partial charge in [0, 0.05) is 16.6 Å². The molecular weight excluding hydrogens is 396 g/mol. The molecule has 0 radical (unpaired) electrons. The minimum atomic E-state index is -3.84. The standard InChI is InChI=1S/C16H17BrN2O4S/c1-11-5-6-14(17)15(9-11)19-24(22,23)13-4-2-3-12(10-13)16(21)18-7-8-20/h2-6,9-10,19-20H,7-8H2,1H3,(H,18,21). The number of nitrogens with one attached hydrogen (secondary N) is 2. The van der Waals surface area contributed by atoms with Crippen molar-refractivity contribution in [2.45, 2.75) is 11.8 Å². The highest BCUT2D eigenvalue weighted by Crippen LogP contribution is 2.26. The topological polar surface area (TPSA) is 95.5 Å². The van der Waals surface area contributed by atoms with Crippen molar-refractivity contribution in [2.24, 2.45) is 0 Å². The van der Waals surface area contributed by atoms with E-state index in [0.717, 1.165) is 5.56 Å². The summed E-state index contributed by atoms with van der Waals surface area (Å²) in [7, 11) is -3.84. The Morgan fingerprint density at radius 2 is 1.96 bits per heavy atom. The van der Waals surface area contributed by atoms with E-state index in [1.165, 1.54) is 24.3 Å². The molecule has 2 aromatic carbocycles. The first-order valence-corrected chi connectivity index (χ1v) is 9.39. The van der Waals surface area contributed by atoms with Gasteiger partial charge in [-0.05, 0) is 58.7 Å². The maximum Gasteiger partial charge on any atom is 0.261 e. The van der Waals surface area contributed by atoms with E-state index in [4.69, 9.17) is 5.11 Å². The molecule has 0 atom stereocenters. The molecule has 6 nitrogen and oxygen atoms in total. The molecule has 24 heavy (non-hydrogen) atoms. The molecule has 2 rings (SSSR count). The summed E-state index contributed by atoms with van der Waals surface area (Å²) >= 11 is 3.31. The van der Waals surface area contributed by atoms with Crippen LogP contribution < -0.4 is 10.0 Å². The highest BCUT2D eigenvalue weighted by molar-refractivity contribution is 9.10. The van der Waals surface area contributed by atoms with E-state index in [9.17, 15) is 13.2 Å². The molecule has 0 aliphatic heterocycles. The van der Waals surface area contributed by atoms with E-state index in [-0.39, 0.29) is 23.6 Å². The summed E-state index contributed by atoms with van der Waals surface area (Å²) in [4.78, 5) is 11.9. The number of anilines is 1. The van der Waals surface area contributed by atoms with Gasteiger partial charge in [0.25, 0.3) is 15.9 Å². The molecule has 0 fully saturated rings. The van der Waals surface area contributed by atoms with Crippen molar-refractivity contribution in [2.75, 3.05) is 17.9 Å². The second kappa shape index (κ2) is 7.78. The average molecular weight is 413 g/mol. The monoisotopic (exact) mass is 412 g/mol. The smallest absolute Gasteiger partial charge is 0.261 e. The van der Waals surface area contributed by atoms with Crippen LogP contribution in [0.3, 0.4) is 0 Å². The molecule has 0 unspecified atom stereocenters. The minimum Gasteiger partial charge on any atom is -0.395 e. The van der Waals surface area contributed by atoms with Gasteiger partial charge in [-0.25, -0.2) is 8.42 Å². The Bertz CT molecular complexity index is 853. The van der Waals surface area contributed by atoms with E-state index in [1.54, 1.807) is 12.1 Å². The predicted octanol–water partition coefficient (Wildman–Crippen LogP) is 2.28. The Balaban J connectivity index is 2.29. The number of rotatable bonds is 6. The van der Waals surface area contributed by atoms with Gasteiger partial charge in [0.15, 0.2) is 0 Å². The van der Waals surface area contributed by atoms with Crippen LogP contribution in [0.1, 0.15) is 15.9 Å². The van der Waals surface area contributed by atoms with Gasteiger partial charge in [-0.15, -0.1) is 0 Å². The van der Waals surface area contributed by atoms with Gasteiger partial charge in [-0.2, -0.15) is 0 Å². The van der Waals surface area contributed by atoms with E-state index >= 15 is 0 Å². The first-order chi connectivity index (χ1) is 11.3. The number of aliphatic hydroxyl groups excluding tert-OH is 1. The van der Waals surface area contributed by atoms with Crippen LogP contribution in [0.4, 0.5) is 5.69 Å². The number of benzene rings is 2. The summed E-state index contributed by atoms with van der Waals surface area (Å²) < 4.78 is 28.2. The maximum atomic E-state index is 12.6. The summed E-state index contributed by atoms with van der Waals surface area (Å²) in [6.45, 7) is 1.77. The molecule has 0 saturated heterocycles. The van der Waals surface area contributed by atoms with Crippen molar-refractivity contribution in [3.8, 4) is 0 Å². The van der Waals surface area contributed by atoms with Crippen LogP contribution in [0.5, 0.6) is 0 Å². The summed E-state index contributed by atoms with van der Waals surface area (Å²) in [6, 6.07) is 11.0. The Hall–Kier alpha value is -1.90. The summed E-state index contributed by atoms with van der Waals surface area (Å²) in [5.74, 6) is -0.446. The lowest BCUT2D eigenvalue weighted by Gasteiger charge is -2.11. The van der Waals surface area contributed by atoms with E-state index in [1.807, 2.05) is 13.0 Å². The molecule has 0 saturated carbocycles. The average Bonchev–Trinajstić information content (AvgIpc) is 2.56. The lowest BCUT2D eigenvalue weighted by Crippen LogP contribution is -2.26. The van der Waals surface area contributed by atoms with Gasteiger partial charge in [0.1, 0.15) is 0 Å². The molecule has 0 aliphatic carbocycles. The van der Waals surface area contributed by atoms with Crippen molar-refractivity contribution >= 4 is 37.5 Å². The highest BCUT2D eigenvalue weighted by atomic mass is 79.9. The summed E-state index contributed by atoms with van der Waals surface area (Å²) in [5, 5.41) is 11.2. The summed E-state index contributed by atoms with van der Waals surface area (Å²) in [5.41, 5.74) is 1.53. The normalized spacial score (nSPS) is 11.1. The van der Waals surface area contributed by atoms with Crippen LogP contribution in [0.15, 0.2) is 51.8 Å². The number of aryl methyl sites for hydroxylation is 1. The third kappa shape index (κ3) is 4.56. The molecule has 0 bridgehead atoms. The van der Waals surface area contributed by atoms with Crippen LogP contribution in [0.25, 0.3) is 0 Å². The van der Waals surface area contributed by atoms with Gasteiger partial charge in [-0.1, -0.05) is 12.1 Å². The SMILES string of the molecule is Cc1ccc(Br)c(NS(=O)(=O)c2cccc(C(=O)NCCO)c2)c1. The molecule has 128 valence electrons. The molecule has 1 amide bonds. The zero-order valence-electron chi connectivity index (χ0n) is 12.9. The predicted molar refractivity (Wildman–Crippen MR) is 95.5 cm³/mol. The van der Waals surface area contributed by atoms with Crippen molar-refractivity contribution in [3.63, 3.8) is 0 Å². The number of hydrogen-bond acceptors (Lipinski definition) is 4. The Morgan fingerprint density at radius 1 is 1.21 bits per heavy atom. The van der Waals surface area contributed by atoms with Crippen LogP contribution in [-0.2, 0) is 10.0 Å². The zero-order valence-corrected chi connectivity index (χ0v) is 15.3. The van der Waals surface area contributed by atoms with Gasteiger partial charge >= 0.3 is 0 Å². The molecule has 2 aromatic rings. The second-order valence-corrected chi connectivity index (χ2v) is 7.63. The Kier molecular flexibility index (Phi) is 5.98. The van der Waals surface area contributed by atoms with Gasteiger partial charge in [0.2, 0.25) is 0 Å². The largest absolute Gasteiger partial charge is 0.395 e. The Morgan fingerprint density at radius 3 is 2.67 bits per heavy atom. The fourth-order valence-electron chi connectivity index (χ4n) is 2.00. The van der Waals surface area contributed by atoms with Crippen LogP contribution in [0.2, 0.25) is 0 Å². The molecule has 0 spiro atoms.